The van der Waals surface area contributed by atoms with Gasteiger partial charge in [-0.3, -0.25) is 10.2 Å². The fourth-order valence-corrected chi connectivity index (χ4v) is 1.07. The van der Waals surface area contributed by atoms with E-state index < -0.39 is 0 Å². The van der Waals surface area contributed by atoms with Crippen LogP contribution in [0.2, 0.25) is 0 Å². The maximum atomic E-state index is 11.3. The maximum Gasteiger partial charge on any atom is 0.285 e. The van der Waals surface area contributed by atoms with E-state index in [9.17, 15) is 4.79 Å². The number of nitrogens with zero attached hydrogens (tertiary/aromatic N) is 2. The Balaban J connectivity index is 2.62. The molecule has 0 aliphatic rings. The summed E-state index contributed by atoms with van der Waals surface area (Å²) in [5, 5.41) is 3.66. The molecule has 0 aromatic heterocycles. The van der Waals surface area contributed by atoms with E-state index in [1.54, 1.807) is 14.1 Å². The van der Waals surface area contributed by atoms with Crippen LogP contribution in [-0.2, 0) is 4.79 Å². The molecule has 0 bridgehead atoms. The molecule has 80 valence electrons. The average Bonchev–Trinajstić information content (AvgIpc) is 2.26. The van der Waals surface area contributed by atoms with Crippen LogP contribution in [0, 0.1) is 0 Å². The molecule has 1 amide bonds. The second kappa shape index (κ2) is 5.36. The summed E-state index contributed by atoms with van der Waals surface area (Å²) >= 11 is 5.67. The van der Waals surface area contributed by atoms with E-state index in [4.69, 9.17) is 11.6 Å². The topological polar surface area (TPSA) is 44.7 Å². The van der Waals surface area contributed by atoms with E-state index in [0.29, 0.717) is 0 Å². The molecule has 0 saturated heterocycles. The Kier molecular flexibility index (Phi) is 4.12. The molecule has 0 unspecified atom stereocenters. The van der Waals surface area contributed by atoms with Crippen LogP contribution in [0.3, 0.4) is 0 Å². The van der Waals surface area contributed by atoms with Gasteiger partial charge in [0.25, 0.3) is 5.91 Å². The summed E-state index contributed by atoms with van der Waals surface area (Å²) in [6.07, 6.45) is 0. The van der Waals surface area contributed by atoms with Crippen molar-refractivity contribution in [1.29, 1.82) is 0 Å². The predicted octanol–water partition coefficient (Wildman–Crippen LogP) is 1.74. The number of hydrazone groups is 1. The molecule has 0 aliphatic carbocycles. The third kappa shape index (κ3) is 3.59. The van der Waals surface area contributed by atoms with Gasteiger partial charge in [0.1, 0.15) is 0 Å². The minimum absolute atomic E-state index is 0.0937. The number of carbonyl (C=O) groups is 1. The summed E-state index contributed by atoms with van der Waals surface area (Å²) in [5.74, 6) is -0.333. The maximum absolute atomic E-state index is 11.3. The number of hydrogen-bond acceptors (Lipinski definition) is 3. The van der Waals surface area contributed by atoms with Crippen LogP contribution in [0.25, 0.3) is 0 Å². The lowest BCUT2D eigenvalue weighted by Crippen LogP contribution is -2.27. The second-order valence-corrected chi connectivity index (χ2v) is 3.44. The fraction of sp³-hybridized carbons (Fsp3) is 0.200. The zero-order chi connectivity index (χ0) is 11.3. The first-order valence-electron chi connectivity index (χ1n) is 4.37. The standard InChI is InChI=1S/C10H12ClN3O/c1-14(2)10(15)9(11)13-12-8-6-4-3-5-7-8/h3-7,12H,1-2H3/b13-9-. The van der Waals surface area contributed by atoms with Crippen LogP contribution < -0.4 is 5.43 Å². The normalized spacial score (nSPS) is 11.0. The molecule has 1 aromatic carbocycles. The Morgan fingerprint density at radius 3 is 2.47 bits per heavy atom. The quantitative estimate of drug-likeness (QED) is 0.629. The molecule has 4 nitrogen and oxygen atoms in total. The molecule has 1 rings (SSSR count). The lowest BCUT2D eigenvalue weighted by molar-refractivity contribution is -0.121. The minimum Gasteiger partial charge on any atom is -0.343 e. The van der Waals surface area contributed by atoms with E-state index in [1.807, 2.05) is 30.3 Å². The largest absolute Gasteiger partial charge is 0.343 e. The van der Waals surface area contributed by atoms with Crippen molar-refractivity contribution in [3.05, 3.63) is 30.3 Å². The van der Waals surface area contributed by atoms with Crippen LogP contribution in [0.4, 0.5) is 5.69 Å². The van der Waals surface area contributed by atoms with E-state index in [0.717, 1.165) is 5.69 Å². The first kappa shape index (κ1) is 11.5. The lowest BCUT2D eigenvalue weighted by atomic mass is 10.3. The van der Waals surface area contributed by atoms with Crippen molar-refractivity contribution in [3.8, 4) is 0 Å². The van der Waals surface area contributed by atoms with Crippen LogP contribution in [-0.4, -0.2) is 30.1 Å². The molecule has 0 spiro atoms. The van der Waals surface area contributed by atoms with Crippen LogP contribution in [0.15, 0.2) is 35.4 Å². The number of amides is 1. The molecular weight excluding hydrogens is 214 g/mol. The highest BCUT2D eigenvalue weighted by Crippen LogP contribution is 2.05. The number of hydrogen-bond donors (Lipinski definition) is 1. The number of para-hydroxylation sites is 1. The number of nitrogens with one attached hydrogen (secondary N) is 1. The van der Waals surface area contributed by atoms with Crippen molar-refractivity contribution in [2.75, 3.05) is 19.5 Å². The number of rotatable bonds is 3. The Labute approximate surface area is 93.5 Å². The Morgan fingerprint density at radius 1 is 1.33 bits per heavy atom. The van der Waals surface area contributed by atoms with E-state index in [1.165, 1.54) is 4.90 Å². The highest BCUT2D eigenvalue weighted by molar-refractivity contribution is 6.82. The molecule has 0 saturated carbocycles. The van der Waals surface area contributed by atoms with E-state index >= 15 is 0 Å². The van der Waals surface area contributed by atoms with Crippen LogP contribution in [0.5, 0.6) is 0 Å². The smallest absolute Gasteiger partial charge is 0.285 e. The third-order valence-corrected chi connectivity index (χ3v) is 1.89. The Bertz CT molecular complexity index is 362. The Hall–Kier alpha value is -1.55. The van der Waals surface area contributed by atoms with E-state index in [2.05, 4.69) is 10.5 Å². The molecule has 1 aromatic rings. The number of carbonyl (C=O) groups excluding carboxylic acids is 1. The summed E-state index contributed by atoms with van der Waals surface area (Å²) in [6.45, 7) is 0. The van der Waals surface area contributed by atoms with Crippen molar-refractivity contribution >= 4 is 28.4 Å². The van der Waals surface area contributed by atoms with Crippen molar-refractivity contribution < 1.29 is 4.79 Å². The fourth-order valence-electron chi connectivity index (χ4n) is 0.859. The van der Waals surface area contributed by atoms with Gasteiger partial charge in [-0.15, -0.1) is 0 Å². The monoisotopic (exact) mass is 225 g/mol. The van der Waals surface area contributed by atoms with Gasteiger partial charge in [-0.25, -0.2) is 0 Å². The molecule has 0 fully saturated rings. The van der Waals surface area contributed by atoms with Gasteiger partial charge in [-0.05, 0) is 12.1 Å². The van der Waals surface area contributed by atoms with Crippen molar-refractivity contribution in [1.82, 2.24) is 4.90 Å². The van der Waals surface area contributed by atoms with Crippen molar-refractivity contribution in [2.45, 2.75) is 0 Å². The summed E-state index contributed by atoms with van der Waals surface area (Å²) < 4.78 is 0. The Morgan fingerprint density at radius 2 is 1.93 bits per heavy atom. The SMILES string of the molecule is CN(C)C(=O)/C(Cl)=N/Nc1ccccc1. The van der Waals surface area contributed by atoms with Gasteiger partial charge in [0, 0.05) is 14.1 Å². The third-order valence-electron chi connectivity index (χ3n) is 1.64. The highest BCUT2D eigenvalue weighted by atomic mass is 35.5. The number of anilines is 1. The highest BCUT2D eigenvalue weighted by Gasteiger charge is 2.09. The predicted molar refractivity (Wildman–Crippen MR) is 62.0 cm³/mol. The lowest BCUT2D eigenvalue weighted by Gasteiger charge is -2.08. The van der Waals surface area contributed by atoms with Gasteiger partial charge >= 0.3 is 0 Å². The van der Waals surface area contributed by atoms with Gasteiger partial charge in [0.15, 0.2) is 0 Å². The van der Waals surface area contributed by atoms with E-state index in [-0.39, 0.29) is 11.1 Å². The summed E-state index contributed by atoms with van der Waals surface area (Å²) in [7, 11) is 3.23. The number of halogens is 1. The summed E-state index contributed by atoms with van der Waals surface area (Å²) in [4.78, 5) is 12.6. The van der Waals surface area contributed by atoms with Crippen molar-refractivity contribution in [3.63, 3.8) is 0 Å². The zero-order valence-corrected chi connectivity index (χ0v) is 9.32. The van der Waals surface area contributed by atoms with Gasteiger partial charge in [-0.2, -0.15) is 5.10 Å². The molecule has 0 aliphatic heterocycles. The molecule has 5 heteroatoms. The summed E-state index contributed by atoms with van der Waals surface area (Å²) in [6, 6.07) is 9.27. The zero-order valence-electron chi connectivity index (χ0n) is 8.57. The molecule has 0 atom stereocenters. The van der Waals surface area contributed by atoms with Gasteiger partial charge < -0.3 is 4.90 Å². The summed E-state index contributed by atoms with van der Waals surface area (Å²) in [5.41, 5.74) is 3.47. The molecule has 0 radical (unpaired) electrons. The first-order chi connectivity index (χ1) is 7.11. The van der Waals surface area contributed by atoms with Gasteiger partial charge in [0.2, 0.25) is 5.17 Å². The van der Waals surface area contributed by atoms with Gasteiger partial charge in [0.05, 0.1) is 5.69 Å². The average molecular weight is 226 g/mol. The van der Waals surface area contributed by atoms with Crippen molar-refractivity contribution in [2.24, 2.45) is 5.10 Å². The minimum atomic E-state index is -0.333. The molecule has 0 heterocycles. The van der Waals surface area contributed by atoms with Gasteiger partial charge in [-0.1, -0.05) is 29.8 Å². The first-order valence-corrected chi connectivity index (χ1v) is 4.75. The second-order valence-electron chi connectivity index (χ2n) is 3.08. The molecule has 15 heavy (non-hydrogen) atoms. The number of benzene rings is 1. The van der Waals surface area contributed by atoms with Crippen LogP contribution >= 0.6 is 11.6 Å². The van der Waals surface area contributed by atoms with Crippen LogP contribution in [0.1, 0.15) is 0 Å². The molecule has 1 N–H and O–H groups in total. The molecular formula is C10H12ClN3O.